The van der Waals surface area contributed by atoms with Crippen LogP contribution in [0.15, 0.2) is 30.6 Å². The van der Waals surface area contributed by atoms with Crippen LogP contribution in [0.25, 0.3) is 0 Å². The van der Waals surface area contributed by atoms with E-state index in [4.69, 9.17) is 0 Å². The van der Waals surface area contributed by atoms with E-state index in [1.807, 2.05) is 6.92 Å². The molecule has 21 heavy (non-hydrogen) atoms. The Morgan fingerprint density at radius 2 is 1.52 bits per heavy atom. The number of nitrogens with zero attached hydrogens (tertiary/aromatic N) is 2. The molecule has 2 N–H and O–H groups in total. The normalized spacial score (nSPS) is 10.4. The Morgan fingerprint density at radius 1 is 0.905 bits per heavy atom. The molecule has 0 fully saturated rings. The fourth-order valence-electron chi connectivity index (χ4n) is 2.13. The van der Waals surface area contributed by atoms with E-state index in [1.165, 1.54) is 11.1 Å². The van der Waals surface area contributed by atoms with E-state index in [-0.39, 0.29) is 0 Å². The molecule has 2 aromatic rings. The second-order valence-electron chi connectivity index (χ2n) is 5.15. The average molecular weight is 284 g/mol. The van der Waals surface area contributed by atoms with E-state index in [2.05, 4.69) is 58.7 Å². The monoisotopic (exact) mass is 284 g/mol. The second-order valence-corrected chi connectivity index (χ2v) is 5.15. The van der Waals surface area contributed by atoms with Crippen LogP contribution in [0.5, 0.6) is 0 Å². The summed E-state index contributed by atoms with van der Waals surface area (Å²) >= 11 is 0. The summed E-state index contributed by atoms with van der Waals surface area (Å²) in [4.78, 5) is 8.63. The van der Waals surface area contributed by atoms with Gasteiger partial charge in [-0.1, -0.05) is 38.1 Å². The summed E-state index contributed by atoms with van der Waals surface area (Å²) in [5, 5.41) is 6.72. The van der Waals surface area contributed by atoms with Crippen molar-refractivity contribution in [1.82, 2.24) is 9.97 Å². The standard InChI is InChI=1S/C17H24N4/c1-4-10-18-16-13(3)17(21-12-20-16)19-11-15-8-6-14(5-2)7-9-15/h6-9,12H,4-5,10-11H2,1-3H3,(H2,18,19,20,21). The maximum atomic E-state index is 4.33. The fourth-order valence-corrected chi connectivity index (χ4v) is 2.13. The van der Waals surface area contributed by atoms with Gasteiger partial charge in [0, 0.05) is 18.7 Å². The van der Waals surface area contributed by atoms with Gasteiger partial charge in [-0.2, -0.15) is 0 Å². The highest BCUT2D eigenvalue weighted by atomic mass is 15.1. The maximum Gasteiger partial charge on any atom is 0.134 e. The SMILES string of the molecule is CCCNc1ncnc(NCc2ccc(CC)cc2)c1C. The Morgan fingerprint density at radius 3 is 2.14 bits per heavy atom. The van der Waals surface area contributed by atoms with Gasteiger partial charge < -0.3 is 10.6 Å². The Kier molecular flexibility index (Phi) is 5.55. The molecule has 0 saturated heterocycles. The summed E-state index contributed by atoms with van der Waals surface area (Å²) in [5.41, 5.74) is 3.69. The average Bonchev–Trinajstić information content (AvgIpc) is 2.53. The molecule has 0 atom stereocenters. The maximum absolute atomic E-state index is 4.33. The molecular weight excluding hydrogens is 260 g/mol. The zero-order valence-electron chi connectivity index (χ0n) is 13.1. The predicted molar refractivity (Wildman–Crippen MR) is 88.7 cm³/mol. The lowest BCUT2D eigenvalue weighted by atomic mass is 10.1. The molecule has 0 aliphatic rings. The Hall–Kier alpha value is -2.10. The first-order valence-electron chi connectivity index (χ1n) is 7.61. The lowest BCUT2D eigenvalue weighted by molar-refractivity contribution is 0.957. The molecule has 112 valence electrons. The van der Waals surface area contributed by atoms with Crippen molar-refractivity contribution in [3.8, 4) is 0 Å². The number of nitrogens with one attached hydrogen (secondary N) is 2. The third kappa shape index (κ3) is 4.18. The van der Waals surface area contributed by atoms with Gasteiger partial charge in [0.25, 0.3) is 0 Å². The van der Waals surface area contributed by atoms with Crippen LogP contribution in [0.3, 0.4) is 0 Å². The van der Waals surface area contributed by atoms with Crippen molar-refractivity contribution in [1.29, 1.82) is 0 Å². The summed E-state index contributed by atoms with van der Waals surface area (Å²) in [6, 6.07) is 8.69. The van der Waals surface area contributed by atoms with Gasteiger partial charge >= 0.3 is 0 Å². The van der Waals surface area contributed by atoms with Crippen molar-refractivity contribution >= 4 is 11.6 Å². The van der Waals surface area contributed by atoms with E-state index in [9.17, 15) is 0 Å². The third-order valence-electron chi connectivity index (χ3n) is 3.52. The number of hydrogen-bond acceptors (Lipinski definition) is 4. The van der Waals surface area contributed by atoms with Crippen LogP contribution >= 0.6 is 0 Å². The molecule has 0 spiro atoms. The van der Waals surface area contributed by atoms with Gasteiger partial charge in [0.05, 0.1) is 0 Å². The molecule has 0 radical (unpaired) electrons. The fraction of sp³-hybridized carbons (Fsp3) is 0.412. The quantitative estimate of drug-likeness (QED) is 0.812. The molecule has 0 bridgehead atoms. The highest BCUT2D eigenvalue weighted by Crippen LogP contribution is 2.19. The van der Waals surface area contributed by atoms with E-state index in [1.54, 1.807) is 6.33 Å². The lowest BCUT2D eigenvalue weighted by Crippen LogP contribution is -2.08. The van der Waals surface area contributed by atoms with Gasteiger partial charge in [0.15, 0.2) is 0 Å². The molecule has 0 amide bonds. The number of benzene rings is 1. The minimum absolute atomic E-state index is 0.773. The van der Waals surface area contributed by atoms with E-state index in [0.717, 1.165) is 43.1 Å². The van der Waals surface area contributed by atoms with Crippen molar-refractivity contribution in [2.45, 2.75) is 40.2 Å². The van der Waals surface area contributed by atoms with Crippen LogP contribution < -0.4 is 10.6 Å². The van der Waals surface area contributed by atoms with E-state index < -0.39 is 0 Å². The zero-order valence-corrected chi connectivity index (χ0v) is 13.1. The molecule has 0 aliphatic carbocycles. The minimum atomic E-state index is 0.773. The van der Waals surface area contributed by atoms with Crippen LogP contribution in [0.2, 0.25) is 0 Å². The van der Waals surface area contributed by atoms with Gasteiger partial charge in [0.1, 0.15) is 18.0 Å². The third-order valence-corrected chi connectivity index (χ3v) is 3.52. The summed E-state index contributed by atoms with van der Waals surface area (Å²) < 4.78 is 0. The predicted octanol–water partition coefficient (Wildman–Crippen LogP) is 3.78. The summed E-state index contributed by atoms with van der Waals surface area (Å²) in [7, 11) is 0. The number of anilines is 2. The molecule has 0 unspecified atom stereocenters. The highest BCUT2D eigenvalue weighted by molar-refractivity contribution is 5.56. The van der Waals surface area contributed by atoms with Crippen LogP contribution in [0, 0.1) is 6.92 Å². The summed E-state index contributed by atoms with van der Waals surface area (Å²) in [6.45, 7) is 8.05. The van der Waals surface area contributed by atoms with Crippen LogP contribution in [0.1, 0.15) is 37.0 Å². The van der Waals surface area contributed by atoms with Crippen molar-refractivity contribution in [2.24, 2.45) is 0 Å². The molecule has 4 nitrogen and oxygen atoms in total. The first-order valence-corrected chi connectivity index (χ1v) is 7.61. The van der Waals surface area contributed by atoms with Crippen LogP contribution in [-0.4, -0.2) is 16.5 Å². The Balaban J connectivity index is 2.01. The molecular formula is C17H24N4. The largest absolute Gasteiger partial charge is 0.370 e. The lowest BCUT2D eigenvalue weighted by Gasteiger charge is -2.12. The first-order chi connectivity index (χ1) is 10.2. The zero-order chi connectivity index (χ0) is 15.1. The van der Waals surface area contributed by atoms with E-state index in [0.29, 0.717) is 0 Å². The molecule has 1 aromatic carbocycles. The minimum Gasteiger partial charge on any atom is -0.370 e. The molecule has 1 heterocycles. The Bertz CT molecular complexity index is 564. The van der Waals surface area contributed by atoms with E-state index >= 15 is 0 Å². The Labute approximate surface area is 127 Å². The van der Waals surface area contributed by atoms with Gasteiger partial charge in [-0.15, -0.1) is 0 Å². The number of aryl methyl sites for hydroxylation is 1. The van der Waals surface area contributed by atoms with Crippen molar-refractivity contribution in [3.05, 3.63) is 47.3 Å². The van der Waals surface area contributed by atoms with Gasteiger partial charge in [-0.25, -0.2) is 9.97 Å². The van der Waals surface area contributed by atoms with Crippen molar-refractivity contribution in [3.63, 3.8) is 0 Å². The molecule has 0 aliphatic heterocycles. The first kappa shape index (κ1) is 15.3. The topological polar surface area (TPSA) is 49.8 Å². The number of aromatic nitrogens is 2. The van der Waals surface area contributed by atoms with Gasteiger partial charge in [0.2, 0.25) is 0 Å². The smallest absolute Gasteiger partial charge is 0.134 e. The number of hydrogen-bond donors (Lipinski definition) is 2. The molecule has 1 aromatic heterocycles. The molecule has 0 saturated carbocycles. The van der Waals surface area contributed by atoms with Gasteiger partial charge in [-0.05, 0) is 30.9 Å². The summed E-state index contributed by atoms with van der Waals surface area (Å²) in [6.07, 6.45) is 3.76. The second kappa shape index (κ2) is 7.62. The van der Waals surface area contributed by atoms with Gasteiger partial charge in [-0.3, -0.25) is 0 Å². The number of rotatable bonds is 7. The van der Waals surface area contributed by atoms with Crippen molar-refractivity contribution in [2.75, 3.05) is 17.2 Å². The van der Waals surface area contributed by atoms with Crippen molar-refractivity contribution < 1.29 is 0 Å². The van der Waals surface area contributed by atoms with Crippen LogP contribution in [-0.2, 0) is 13.0 Å². The summed E-state index contributed by atoms with van der Waals surface area (Å²) in [5.74, 6) is 1.80. The highest BCUT2D eigenvalue weighted by Gasteiger charge is 2.06. The molecule has 4 heteroatoms. The van der Waals surface area contributed by atoms with Crippen LogP contribution in [0.4, 0.5) is 11.6 Å². The molecule has 2 rings (SSSR count).